The topological polar surface area (TPSA) is 21.3 Å². The third-order valence-electron chi connectivity index (χ3n) is 3.76. The largest absolute Gasteiger partial charge is 0.372 e. The van der Waals surface area contributed by atoms with Crippen LogP contribution < -0.4 is 5.32 Å². The van der Waals surface area contributed by atoms with Crippen molar-refractivity contribution in [2.24, 2.45) is 0 Å². The van der Waals surface area contributed by atoms with E-state index in [1.807, 2.05) is 13.0 Å². The lowest BCUT2D eigenvalue weighted by Gasteiger charge is -2.20. The van der Waals surface area contributed by atoms with Gasteiger partial charge >= 0.3 is 0 Å². The molecule has 21 heavy (non-hydrogen) atoms. The molecule has 1 unspecified atom stereocenters. The predicted molar refractivity (Wildman–Crippen MR) is 81.9 cm³/mol. The van der Waals surface area contributed by atoms with Crippen LogP contribution in [0.2, 0.25) is 5.02 Å². The third-order valence-corrected chi connectivity index (χ3v) is 4.00. The Bertz CT molecular complexity index is 659. The van der Waals surface area contributed by atoms with Gasteiger partial charge in [-0.05, 0) is 35.4 Å². The summed E-state index contributed by atoms with van der Waals surface area (Å²) in [6.45, 7) is 4.06. The maximum atomic E-state index is 14.2. The number of ether oxygens (including phenoxy) is 1. The van der Waals surface area contributed by atoms with Crippen LogP contribution in [-0.4, -0.2) is 6.54 Å². The molecule has 1 N–H and O–H groups in total. The first-order valence-electron chi connectivity index (χ1n) is 7.07. The fraction of sp³-hybridized carbons (Fsp3) is 0.294. The van der Waals surface area contributed by atoms with E-state index in [2.05, 4.69) is 17.4 Å². The van der Waals surface area contributed by atoms with E-state index in [4.69, 9.17) is 16.3 Å². The standard InChI is InChI=1S/C17H17ClFNO/c1-2-20-17(15-6-5-14(18)8-16(15)19)11-3-4-12-9-21-10-13(12)7-11/h3-8,17,20H,2,9-10H2,1H3. The van der Waals surface area contributed by atoms with Crippen molar-refractivity contribution in [3.05, 3.63) is 69.5 Å². The van der Waals surface area contributed by atoms with Crippen molar-refractivity contribution in [1.29, 1.82) is 0 Å². The van der Waals surface area contributed by atoms with Crippen molar-refractivity contribution in [2.75, 3.05) is 6.54 Å². The summed E-state index contributed by atoms with van der Waals surface area (Å²) in [6, 6.07) is 10.8. The van der Waals surface area contributed by atoms with Crippen LogP contribution in [0.3, 0.4) is 0 Å². The fourth-order valence-corrected chi connectivity index (χ4v) is 2.88. The highest BCUT2D eigenvalue weighted by atomic mass is 35.5. The molecule has 1 aliphatic heterocycles. The van der Waals surface area contributed by atoms with Gasteiger partial charge in [0.15, 0.2) is 0 Å². The van der Waals surface area contributed by atoms with Gasteiger partial charge in [-0.1, -0.05) is 42.8 Å². The molecular formula is C17H17ClFNO. The summed E-state index contributed by atoms with van der Waals surface area (Å²) < 4.78 is 19.7. The zero-order valence-corrected chi connectivity index (χ0v) is 12.6. The Labute approximate surface area is 128 Å². The van der Waals surface area contributed by atoms with Gasteiger partial charge < -0.3 is 10.1 Å². The van der Waals surface area contributed by atoms with Crippen LogP contribution in [0, 0.1) is 5.82 Å². The van der Waals surface area contributed by atoms with Crippen LogP contribution >= 0.6 is 11.6 Å². The van der Waals surface area contributed by atoms with Crippen LogP contribution in [0.1, 0.15) is 35.2 Å². The average Bonchev–Trinajstić information content (AvgIpc) is 2.93. The van der Waals surface area contributed by atoms with Gasteiger partial charge in [0.1, 0.15) is 5.82 Å². The molecule has 2 aromatic rings. The summed E-state index contributed by atoms with van der Waals surface area (Å²) in [5, 5.41) is 3.75. The quantitative estimate of drug-likeness (QED) is 0.913. The highest BCUT2D eigenvalue weighted by Crippen LogP contribution is 2.29. The van der Waals surface area contributed by atoms with Gasteiger partial charge in [-0.2, -0.15) is 0 Å². The smallest absolute Gasteiger partial charge is 0.129 e. The summed E-state index contributed by atoms with van der Waals surface area (Å²) in [7, 11) is 0. The molecule has 0 saturated carbocycles. The molecule has 0 bridgehead atoms. The molecule has 1 aliphatic rings. The van der Waals surface area contributed by atoms with Crippen molar-refractivity contribution in [3.8, 4) is 0 Å². The first kappa shape index (κ1) is 14.5. The molecule has 0 spiro atoms. The maximum absolute atomic E-state index is 14.2. The van der Waals surface area contributed by atoms with Gasteiger partial charge in [0.2, 0.25) is 0 Å². The average molecular weight is 306 g/mol. The van der Waals surface area contributed by atoms with Gasteiger partial charge in [-0.3, -0.25) is 0 Å². The monoisotopic (exact) mass is 305 g/mol. The Morgan fingerprint density at radius 2 is 2.00 bits per heavy atom. The second-order valence-electron chi connectivity index (χ2n) is 5.18. The molecule has 110 valence electrons. The summed E-state index contributed by atoms with van der Waals surface area (Å²) in [5.74, 6) is -0.287. The molecule has 2 nitrogen and oxygen atoms in total. The van der Waals surface area contributed by atoms with Crippen molar-refractivity contribution in [3.63, 3.8) is 0 Å². The van der Waals surface area contributed by atoms with Gasteiger partial charge in [0.25, 0.3) is 0 Å². The first-order chi connectivity index (χ1) is 10.2. The minimum absolute atomic E-state index is 0.182. The minimum atomic E-state index is -0.287. The predicted octanol–water partition coefficient (Wildman–Crippen LogP) is 4.21. The molecule has 3 rings (SSSR count). The highest BCUT2D eigenvalue weighted by Gasteiger charge is 2.20. The minimum Gasteiger partial charge on any atom is -0.372 e. The van der Waals surface area contributed by atoms with Crippen LogP contribution in [-0.2, 0) is 18.0 Å². The van der Waals surface area contributed by atoms with Crippen LogP contribution in [0.4, 0.5) is 4.39 Å². The Hall–Kier alpha value is -1.42. The molecule has 0 fully saturated rings. The van der Waals surface area contributed by atoms with Crippen molar-refractivity contribution < 1.29 is 9.13 Å². The maximum Gasteiger partial charge on any atom is 0.129 e. The molecule has 0 saturated heterocycles. The van der Waals surface area contributed by atoms with E-state index < -0.39 is 0 Å². The number of rotatable bonds is 4. The van der Waals surface area contributed by atoms with Crippen LogP contribution in [0.5, 0.6) is 0 Å². The lowest BCUT2D eigenvalue weighted by atomic mass is 9.95. The van der Waals surface area contributed by atoms with Crippen molar-refractivity contribution in [2.45, 2.75) is 26.2 Å². The lowest BCUT2D eigenvalue weighted by Crippen LogP contribution is -2.23. The van der Waals surface area contributed by atoms with E-state index in [0.717, 1.165) is 12.1 Å². The van der Waals surface area contributed by atoms with Gasteiger partial charge in [0.05, 0.1) is 19.3 Å². The molecule has 1 heterocycles. The van der Waals surface area contributed by atoms with Crippen molar-refractivity contribution >= 4 is 11.6 Å². The van der Waals surface area contributed by atoms with Crippen molar-refractivity contribution in [1.82, 2.24) is 5.32 Å². The van der Waals surface area contributed by atoms with Gasteiger partial charge in [-0.25, -0.2) is 4.39 Å². The molecule has 0 aromatic heterocycles. The fourth-order valence-electron chi connectivity index (χ4n) is 2.72. The number of hydrogen-bond acceptors (Lipinski definition) is 2. The molecule has 0 amide bonds. The Morgan fingerprint density at radius 3 is 2.76 bits per heavy atom. The molecule has 4 heteroatoms. The molecule has 1 atom stereocenters. The Kier molecular flexibility index (Phi) is 4.24. The van der Waals surface area contributed by atoms with E-state index in [0.29, 0.717) is 23.8 Å². The van der Waals surface area contributed by atoms with Gasteiger partial charge in [-0.15, -0.1) is 0 Å². The first-order valence-corrected chi connectivity index (χ1v) is 7.44. The van der Waals surface area contributed by atoms with E-state index >= 15 is 0 Å². The normalized spacial score (nSPS) is 15.0. The molecule has 0 radical (unpaired) electrons. The highest BCUT2D eigenvalue weighted by molar-refractivity contribution is 6.30. The summed E-state index contributed by atoms with van der Waals surface area (Å²) >= 11 is 5.84. The SMILES string of the molecule is CCNC(c1ccc2c(c1)COC2)c1ccc(Cl)cc1F. The third kappa shape index (κ3) is 2.95. The second-order valence-corrected chi connectivity index (χ2v) is 5.61. The zero-order valence-electron chi connectivity index (χ0n) is 11.8. The molecular weight excluding hydrogens is 289 g/mol. The zero-order chi connectivity index (χ0) is 14.8. The Balaban J connectivity index is 2.01. The summed E-state index contributed by atoms with van der Waals surface area (Å²) in [5.41, 5.74) is 4.05. The number of nitrogens with one attached hydrogen (secondary N) is 1. The summed E-state index contributed by atoms with van der Waals surface area (Å²) in [6.07, 6.45) is 0. The number of fused-ring (bicyclic) bond motifs is 1. The van der Waals surface area contributed by atoms with Gasteiger partial charge in [0, 0.05) is 10.6 Å². The van der Waals surface area contributed by atoms with E-state index in [-0.39, 0.29) is 11.9 Å². The number of benzene rings is 2. The van der Waals surface area contributed by atoms with E-state index in [1.54, 1.807) is 12.1 Å². The lowest BCUT2D eigenvalue weighted by molar-refractivity contribution is 0.134. The summed E-state index contributed by atoms with van der Waals surface area (Å²) in [4.78, 5) is 0. The van der Waals surface area contributed by atoms with E-state index in [1.165, 1.54) is 17.2 Å². The number of halogens is 2. The van der Waals surface area contributed by atoms with Crippen LogP contribution in [0.25, 0.3) is 0 Å². The second kappa shape index (κ2) is 6.14. The van der Waals surface area contributed by atoms with Crippen LogP contribution in [0.15, 0.2) is 36.4 Å². The Morgan fingerprint density at radius 1 is 1.19 bits per heavy atom. The number of hydrogen-bond donors (Lipinski definition) is 1. The van der Waals surface area contributed by atoms with E-state index in [9.17, 15) is 4.39 Å². The molecule has 0 aliphatic carbocycles. The molecule has 2 aromatic carbocycles.